The van der Waals surface area contributed by atoms with E-state index in [1.807, 2.05) is 19.1 Å². The molecule has 1 unspecified atom stereocenters. The molecule has 1 aliphatic rings. The lowest BCUT2D eigenvalue weighted by Gasteiger charge is -2.06. The van der Waals surface area contributed by atoms with E-state index in [1.54, 1.807) is 6.07 Å². The first-order valence-corrected chi connectivity index (χ1v) is 6.31. The number of hydrogen-bond acceptors (Lipinski definition) is 2. The van der Waals surface area contributed by atoms with Crippen LogP contribution in [0.15, 0.2) is 22.7 Å². The molecular weight excluding hydrogens is 315 g/mol. The molecule has 5 heteroatoms. The van der Waals surface area contributed by atoms with E-state index in [4.69, 9.17) is 27.9 Å². The van der Waals surface area contributed by atoms with Gasteiger partial charge in [-0.3, -0.25) is 4.79 Å². The molecule has 1 atom stereocenters. The number of halogens is 3. The molecule has 0 heterocycles. The van der Waals surface area contributed by atoms with Crippen LogP contribution < -0.4 is 4.74 Å². The van der Waals surface area contributed by atoms with Gasteiger partial charge in [-0.15, -0.1) is 23.2 Å². The number of rotatable bonds is 2. The summed E-state index contributed by atoms with van der Waals surface area (Å²) in [6, 6.07) is 5.49. The van der Waals surface area contributed by atoms with Gasteiger partial charge >= 0.3 is 5.97 Å². The van der Waals surface area contributed by atoms with Crippen molar-refractivity contribution in [1.82, 2.24) is 0 Å². The molecule has 0 radical (unpaired) electrons. The largest absolute Gasteiger partial charge is 0.425 e. The van der Waals surface area contributed by atoms with Crippen molar-refractivity contribution in [2.45, 2.75) is 17.7 Å². The number of carbonyl (C=O) groups is 1. The number of ether oxygens (including phenoxy) is 1. The minimum atomic E-state index is -0.936. The van der Waals surface area contributed by atoms with Gasteiger partial charge in [-0.2, -0.15) is 0 Å². The average molecular weight is 324 g/mol. The highest BCUT2D eigenvalue weighted by Gasteiger charge is 2.57. The molecule has 1 aromatic rings. The van der Waals surface area contributed by atoms with Crippen LogP contribution in [0.4, 0.5) is 0 Å². The first kappa shape index (κ1) is 12.2. The Bertz CT molecular complexity index is 446. The monoisotopic (exact) mass is 322 g/mol. The van der Waals surface area contributed by atoms with Gasteiger partial charge in [0.2, 0.25) is 0 Å². The SMILES string of the molecule is Cc1ccc(OC(=O)C2CC2(Cl)Cl)c(Br)c1. The number of alkyl halides is 2. The minimum absolute atomic E-state index is 0.380. The fourth-order valence-electron chi connectivity index (χ4n) is 1.34. The molecule has 0 aliphatic heterocycles. The molecule has 0 N–H and O–H groups in total. The van der Waals surface area contributed by atoms with Crippen molar-refractivity contribution >= 4 is 45.1 Å². The molecule has 1 aromatic carbocycles. The Balaban J connectivity index is 2.07. The maximum Gasteiger partial charge on any atom is 0.317 e. The molecule has 0 amide bonds. The summed E-state index contributed by atoms with van der Waals surface area (Å²) in [7, 11) is 0. The molecule has 1 saturated carbocycles. The van der Waals surface area contributed by atoms with Crippen LogP contribution in [0.3, 0.4) is 0 Å². The molecule has 0 saturated heterocycles. The summed E-state index contributed by atoms with van der Waals surface area (Å²) in [5.41, 5.74) is 1.09. The smallest absolute Gasteiger partial charge is 0.317 e. The molecule has 2 nitrogen and oxygen atoms in total. The molecule has 2 rings (SSSR count). The highest BCUT2D eigenvalue weighted by atomic mass is 79.9. The van der Waals surface area contributed by atoms with Gasteiger partial charge in [-0.25, -0.2) is 0 Å². The Morgan fingerprint density at radius 2 is 2.19 bits per heavy atom. The van der Waals surface area contributed by atoms with Crippen molar-refractivity contribution in [3.63, 3.8) is 0 Å². The predicted molar refractivity (Wildman–Crippen MR) is 67.1 cm³/mol. The second kappa shape index (κ2) is 4.21. The van der Waals surface area contributed by atoms with Crippen molar-refractivity contribution in [2.75, 3.05) is 0 Å². The second-order valence-electron chi connectivity index (χ2n) is 3.87. The zero-order chi connectivity index (χ0) is 11.9. The average Bonchev–Trinajstić information content (AvgIpc) is 2.80. The topological polar surface area (TPSA) is 26.3 Å². The summed E-state index contributed by atoms with van der Waals surface area (Å²) in [6.45, 7) is 1.96. The third-order valence-corrected chi connectivity index (χ3v) is 3.86. The first-order chi connectivity index (χ1) is 7.40. The fourth-order valence-corrected chi connectivity index (χ4v) is 2.40. The zero-order valence-electron chi connectivity index (χ0n) is 8.47. The van der Waals surface area contributed by atoms with Crippen molar-refractivity contribution in [1.29, 1.82) is 0 Å². The highest BCUT2D eigenvalue weighted by molar-refractivity contribution is 9.10. The lowest BCUT2D eigenvalue weighted by molar-refractivity contribution is -0.135. The molecule has 0 spiro atoms. The van der Waals surface area contributed by atoms with E-state index in [1.165, 1.54) is 0 Å². The molecule has 1 fully saturated rings. The van der Waals surface area contributed by atoms with Gasteiger partial charge in [-0.1, -0.05) is 6.07 Å². The van der Waals surface area contributed by atoms with Gasteiger partial charge in [0, 0.05) is 0 Å². The van der Waals surface area contributed by atoms with Crippen LogP contribution in [0.1, 0.15) is 12.0 Å². The van der Waals surface area contributed by atoms with Gasteiger partial charge in [0.15, 0.2) is 0 Å². The van der Waals surface area contributed by atoms with Crippen molar-refractivity contribution in [3.05, 3.63) is 28.2 Å². The molecule has 16 heavy (non-hydrogen) atoms. The van der Waals surface area contributed by atoms with E-state index >= 15 is 0 Å². The molecule has 1 aliphatic carbocycles. The van der Waals surface area contributed by atoms with E-state index < -0.39 is 10.3 Å². The van der Waals surface area contributed by atoms with Crippen molar-refractivity contribution in [3.8, 4) is 5.75 Å². The molecule has 0 aromatic heterocycles. The summed E-state index contributed by atoms with van der Waals surface area (Å²) in [5.74, 6) is -0.301. The summed E-state index contributed by atoms with van der Waals surface area (Å²) in [6.07, 6.45) is 0.457. The number of hydrogen-bond donors (Lipinski definition) is 0. The third kappa shape index (κ3) is 2.53. The zero-order valence-corrected chi connectivity index (χ0v) is 11.6. The van der Waals surface area contributed by atoms with Crippen LogP contribution >= 0.6 is 39.1 Å². The van der Waals surface area contributed by atoms with Gasteiger partial charge in [0.25, 0.3) is 0 Å². The summed E-state index contributed by atoms with van der Waals surface area (Å²) >= 11 is 14.9. The number of esters is 1. The quantitative estimate of drug-likeness (QED) is 0.469. The Kier molecular flexibility index (Phi) is 3.21. The maximum absolute atomic E-state index is 11.6. The van der Waals surface area contributed by atoms with Gasteiger partial charge in [0.1, 0.15) is 10.1 Å². The van der Waals surface area contributed by atoms with E-state index in [0.29, 0.717) is 12.2 Å². The first-order valence-electron chi connectivity index (χ1n) is 4.76. The Morgan fingerprint density at radius 1 is 1.56 bits per heavy atom. The summed E-state index contributed by atoms with van der Waals surface area (Å²) in [5, 5.41) is 0. The molecule has 86 valence electrons. The number of carbonyl (C=O) groups excluding carboxylic acids is 1. The fraction of sp³-hybridized carbons (Fsp3) is 0.364. The van der Waals surface area contributed by atoms with Crippen LogP contribution in [-0.2, 0) is 4.79 Å². The van der Waals surface area contributed by atoms with Crippen LogP contribution in [-0.4, -0.2) is 10.3 Å². The number of benzene rings is 1. The summed E-state index contributed by atoms with van der Waals surface area (Å²) in [4.78, 5) is 11.6. The minimum Gasteiger partial charge on any atom is -0.425 e. The van der Waals surface area contributed by atoms with Crippen LogP contribution in [0.25, 0.3) is 0 Å². The van der Waals surface area contributed by atoms with Crippen LogP contribution in [0, 0.1) is 12.8 Å². The Morgan fingerprint density at radius 3 is 2.69 bits per heavy atom. The lowest BCUT2D eigenvalue weighted by atomic mass is 10.2. The van der Waals surface area contributed by atoms with Gasteiger partial charge in [0.05, 0.1) is 10.4 Å². The highest BCUT2D eigenvalue weighted by Crippen LogP contribution is 2.53. The summed E-state index contributed by atoms with van der Waals surface area (Å²) < 4.78 is 5.02. The second-order valence-corrected chi connectivity index (χ2v) is 6.27. The van der Waals surface area contributed by atoms with Crippen molar-refractivity contribution in [2.24, 2.45) is 5.92 Å². The standard InChI is InChI=1S/C11H9BrCl2O2/c1-6-2-3-9(8(12)4-6)16-10(15)7-5-11(7,13)14/h2-4,7H,5H2,1H3. The number of aryl methyl sites for hydroxylation is 1. The predicted octanol–water partition coefficient (Wildman–Crippen LogP) is 3.86. The van der Waals surface area contributed by atoms with Gasteiger partial charge < -0.3 is 4.74 Å². The van der Waals surface area contributed by atoms with Crippen LogP contribution in [0.2, 0.25) is 0 Å². The van der Waals surface area contributed by atoms with Crippen LogP contribution in [0.5, 0.6) is 5.75 Å². The Labute approximate surface area is 112 Å². The maximum atomic E-state index is 11.6. The Hall–Kier alpha value is -0.250. The van der Waals surface area contributed by atoms with E-state index in [0.717, 1.165) is 10.0 Å². The molecular formula is C11H9BrCl2O2. The molecule has 0 bridgehead atoms. The third-order valence-electron chi connectivity index (χ3n) is 2.41. The van der Waals surface area contributed by atoms with E-state index in [2.05, 4.69) is 15.9 Å². The van der Waals surface area contributed by atoms with Crippen molar-refractivity contribution < 1.29 is 9.53 Å². The van der Waals surface area contributed by atoms with Gasteiger partial charge in [-0.05, 0) is 47.0 Å². The van der Waals surface area contributed by atoms with E-state index in [9.17, 15) is 4.79 Å². The lowest BCUT2D eigenvalue weighted by Crippen LogP contribution is -2.14. The normalized spacial score (nSPS) is 21.6. The van der Waals surface area contributed by atoms with E-state index in [-0.39, 0.29) is 5.97 Å².